The summed E-state index contributed by atoms with van der Waals surface area (Å²) >= 11 is 0. The van der Waals surface area contributed by atoms with Gasteiger partial charge in [-0.1, -0.05) is 0 Å². The Morgan fingerprint density at radius 3 is 2.25 bits per heavy atom. The van der Waals surface area contributed by atoms with Crippen molar-refractivity contribution in [1.82, 2.24) is 0 Å². The molecular formula is C11H13NO4. The van der Waals surface area contributed by atoms with Gasteiger partial charge in [-0.3, -0.25) is 0 Å². The molecule has 0 bridgehead atoms. The Balaban J connectivity index is 3.19. The standard InChI is InChI=1S/C11H13NO4/c1-6(2)12-9-4-3-7(10(13)14)5-8(9)11(15)16/h3-6,12H,1-2H3,(H,13,14)(H,15,16). The van der Waals surface area contributed by atoms with Crippen LogP contribution in [-0.4, -0.2) is 28.2 Å². The van der Waals surface area contributed by atoms with Gasteiger partial charge in [-0.2, -0.15) is 0 Å². The van der Waals surface area contributed by atoms with Crippen LogP contribution in [0.25, 0.3) is 0 Å². The number of anilines is 1. The minimum absolute atomic E-state index is 0.0337. The average molecular weight is 223 g/mol. The van der Waals surface area contributed by atoms with Gasteiger partial charge in [0.05, 0.1) is 11.1 Å². The normalized spacial score (nSPS) is 10.2. The van der Waals surface area contributed by atoms with Gasteiger partial charge in [0.1, 0.15) is 0 Å². The van der Waals surface area contributed by atoms with Gasteiger partial charge in [0.15, 0.2) is 0 Å². The van der Waals surface area contributed by atoms with Gasteiger partial charge in [-0.15, -0.1) is 0 Å². The smallest absolute Gasteiger partial charge is 0.337 e. The Morgan fingerprint density at radius 2 is 1.81 bits per heavy atom. The highest BCUT2D eigenvalue weighted by Gasteiger charge is 2.14. The molecule has 0 aliphatic carbocycles. The van der Waals surface area contributed by atoms with E-state index in [-0.39, 0.29) is 17.2 Å². The third-order valence-electron chi connectivity index (χ3n) is 1.94. The van der Waals surface area contributed by atoms with Crippen molar-refractivity contribution in [3.05, 3.63) is 29.3 Å². The van der Waals surface area contributed by atoms with E-state index in [0.29, 0.717) is 5.69 Å². The first kappa shape index (κ1) is 12.0. The van der Waals surface area contributed by atoms with Crippen molar-refractivity contribution < 1.29 is 19.8 Å². The van der Waals surface area contributed by atoms with Crippen LogP contribution in [0.4, 0.5) is 5.69 Å². The van der Waals surface area contributed by atoms with Crippen molar-refractivity contribution in [1.29, 1.82) is 0 Å². The Labute approximate surface area is 92.7 Å². The van der Waals surface area contributed by atoms with Crippen molar-refractivity contribution in [2.75, 3.05) is 5.32 Å². The Hall–Kier alpha value is -2.04. The molecule has 0 saturated heterocycles. The Morgan fingerprint density at radius 1 is 1.19 bits per heavy atom. The summed E-state index contributed by atoms with van der Waals surface area (Å²) in [5.74, 6) is -2.29. The van der Waals surface area contributed by atoms with E-state index < -0.39 is 11.9 Å². The first-order valence-electron chi connectivity index (χ1n) is 4.79. The van der Waals surface area contributed by atoms with Crippen molar-refractivity contribution in [3.63, 3.8) is 0 Å². The third-order valence-corrected chi connectivity index (χ3v) is 1.94. The van der Waals surface area contributed by atoms with Crippen molar-refractivity contribution >= 4 is 17.6 Å². The van der Waals surface area contributed by atoms with Crippen LogP contribution < -0.4 is 5.32 Å². The lowest BCUT2D eigenvalue weighted by Crippen LogP contribution is -2.14. The molecule has 1 rings (SSSR count). The lowest BCUT2D eigenvalue weighted by atomic mass is 10.1. The van der Waals surface area contributed by atoms with Gasteiger partial charge in [0.25, 0.3) is 0 Å². The van der Waals surface area contributed by atoms with Crippen LogP contribution in [-0.2, 0) is 0 Å². The summed E-state index contributed by atoms with van der Waals surface area (Å²) in [6.07, 6.45) is 0. The number of carboxylic acid groups (broad SMARTS) is 2. The zero-order valence-corrected chi connectivity index (χ0v) is 9.02. The SMILES string of the molecule is CC(C)Nc1ccc(C(=O)O)cc1C(=O)O. The van der Waals surface area contributed by atoms with Crippen molar-refractivity contribution in [2.45, 2.75) is 19.9 Å². The van der Waals surface area contributed by atoms with E-state index in [4.69, 9.17) is 10.2 Å². The first-order valence-corrected chi connectivity index (χ1v) is 4.79. The number of nitrogens with one attached hydrogen (secondary N) is 1. The van der Waals surface area contributed by atoms with Crippen molar-refractivity contribution in [3.8, 4) is 0 Å². The largest absolute Gasteiger partial charge is 0.478 e. The number of benzene rings is 1. The van der Waals surface area contributed by atoms with Gasteiger partial charge in [-0.05, 0) is 32.0 Å². The maximum Gasteiger partial charge on any atom is 0.337 e. The fraction of sp³-hybridized carbons (Fsp3) is 0.273. The second-order valence-electron chi connectivity index (χ2n) is 3.67. The van der Waals surface area contributed by atoms with E-state index in [2.05, 4.69) is 5.32 Å². The molecule has 0 unspecified atom stereocenters. The molecule has 0 spiro atoms. The maximum atomic E-state index is 10.9. The lowest BCUT2D eigenvalue weighted by molar-refractivity contribution is 0.0696. The topological polar surface area (TPSA) is 86.6 Å². The van der Waals surface area contributed by atoms with Crippen LogP contribution in [0.1, 0.15) is 34.6 Å². The zero-order valence-electron chi connectivity index (χ0n) is 9.02. The molecule has 0 aliphatic rings. The molecule has 0 saturated carbocycles. The molecular weight excluding hydrogens is 210 g/mol. The van der Waals surface area contributed by atoms with Gasteiger partial charge >= 0.3 is 11.9 Å². The summed E-state index contributed by atoms with van der Waals surface area (Å²) in [6, 6.07) is 4.07. The molecule has 3 N–H and O–H groups in total. The third kappa shape index (κ3) is 2.73. The van der Waals surface area contributed by atoms with E-state index in [0.717, 1.165) is 6.07 Å². The molecule has 0 atom stereocenters. The number of hydrogen-bond acceptors (Lipinski definition) is 3. The predicted molar refractivity (Wildman–Crippen MR) is 59.1 cm³/mol. The Kier molecular flexibility index (Phi) is 3.50. The van der Waals surface area contributed by atoms with Crippen LogP contribution in [0.3, 0.4) is 0 Å². The van der Waals surface area contributed by atoms with Gasteiger partial charge in [-0.25, -0.2) is 9.59 Å². The molecule has 0 heterocycles. The predicted octanol–water partition coefficient (Wildman–Crippen LogP) is 1.90. The minimum Gasteiger partial charge on any atom is -0.478 e. The highest BCUT2D eigenvalue weighted by molar-refractivity contribution is 5.98. The van der Waals surface area contributed by atoms with E-state index in [1.165, 1.54) is 12.1 Å². The fourth-order valence-electron chi connectivity index (χ4n) is 1.29. The number of hydrogen-bond donors (Lipinski definition) is 3. The highest BCUT2D eigenvalue weighted by atomic mass is 16.4. The summed E-state index contributed by atoms with van der Waals surface area (Å²) in [5.41, 5.74) is 0.354. The fourth-order valence-corrected chi connectivity index (χ4v) is 1.29. The zero-order chi connectivity index (χ0) is 12.3. The maximum absolute atomic E-state index is 10.9. The van der Waals surface area contributed by atoms with Crippen LogP contribution in [0.2, 0.25) is 0 Å². The lowest BCUT2D eigenvalue weighted by Gasteiger charge is -2.12. The minimum atomic E-state index is -1.15. The van der Waals surface area contributed by atoms with E-state index in [9.17, 15) is 9.59 Å². The second kappa shape index (κ2) is 4.65. The number of carboxylic acids is 2. The first-order chi connectivity index (χ1) is 7.41. The van der Waals surface area contributed by atoms with E-state index in [1.807, 2.05) is 13.8 Å². The second-order valence-corrected chi connectivity index (χ2v) is 3.67. The summed E-state index contributed by atoms with van der Waals surface area (Å²) in [7, 11) is 0. The summed E-state index contributed by atoms with van der Waals surface area (Å²) in [5, 5.41) is 20.6. The summed E-state index contributed by atoms with van der Waals surface area (Å²) < 4.78 is 0. The molecule has 5 heteroatoms. The quantitative estimate of drug-likeness (QED) is 0.725. The molecule has 0 aliphatic heterocycles. The number of rotatable bonds is 4. The van der Waals surface area contributed by atoms with Crippen LogP contribution >= 0.6 is 0 Å². The highest BCUT2D eigenvalue weighted by Crippen LogP contribution is 2.18. The molecule has 0 aromatic heterocycles. The van der Waals surface area contributed by atoms with Gasteiger partial charge in [0, 0.05) is 11.7 Å². The van der Waals surface area contributed by atoms with Crippen molar-refractivity contribution in [2.24, 2.45) is 0 Å². The van der Waals surface area contributed by atoms with Gasteiger partial charge < -0.3 is 15.5 Å². The average Bonchev–Trinajstić information content (AvgIpc) is 2.16. The van der Waals surface area contributed by atoms with Crippen LogP contribution in [0.5, 0.6) is 0 Å². The molecule has 5 nitrogen and oxygen atoms in total. The molecule has 0 amide bonds. The molecule has 16 heavy (non-hydrogen) atoms. The van der Waals surface area contributed by atoms with E-state index >= 15 is 0 Å². The summed E-state index contributed by atoms with van der Waals surface area (Å²) in [6.45, 7) is 3.74. The van der Waals surface area contributed by atoms with Crippen LogP contribution in [0.15, 0.2) is 18.2 Å². The molecule has 0 radical (unpaired) electrons. The van der Waals surface area contributed by atoms with E-state index in [1.54, 1.807) is 0 Å². The molecule has 86 valence electrons. The number of carbonyl (C=O) groups is 2. The molecule has 1 aromatic rings. The molecule has 0 fully saturated rings. The van der Waals surface area contributed by atoms with Crippen LogP contribution in [0, 0.1) is 0 Å². The monoisotopic (exact) mass is 223 g/mol. The number of aromatic carboxylic acids is 2. The molecule has 1 aromatic carbocycles. The van der Waals surface area contributed by atoms with Gasteiger partial charge in [0.2, 0.25) is 0 Å². The summed E-state index contributed by atoms with van der Waals surface area (Å²) in [4.78, 5) is 21.6. The Bertz CT molecular complexity index is 426.